The van der Waals surface area contributed by atoms with Gasteiger partial charge in [0.2, 0.25) is 27.7 Å². The second-order valence-electron chi connectivity index (χ2n) is 7.29. The Morgan fingerprint density at radius 1 is 1.11 bits per heavy atom. The van der Waals surface area contributed by atoms with Gasteiger partial charge in [0.25, 0.3) is 0 Å². The number of anilines is 1. The normalized spacial score (nSPS) is 20.3. The fourth-order valence-corrected chi connectivity index (χ4v) is 4.13. The first kappa shape index (κ1) is 20.1. The van der Waals surface area contributed by atoms with E-state index in [0.717, 1.165) is 5.56 Å². The highest BCUT2D eigenvalue weighted by atomic mass is 32.2. The summed E-state index contributed by atoms with van der Waals surface area (Å²) < 4.78 is 33.1. The second kappa shape index (κ2) is 7.06. The van der Waals surface area contributed by atoms with Gasteiger partial charge in [0, 0.05) is 12.0 Å². The molecular formula is C19H23N3O5S. The molecule has 2 unspecified atom stereocenters. The molecule has 0 aliphatic heterocycles. The van der Waals surface area contributed by atoms with Crippen LogP contribution >= 0.6 is 0 Å². The molecule has 8 nitrogen and oxygen atoms in total. The average molecular weight is 405 g/mol. The van der Waals surface area contributed by atoms with Gasteiger partial charge in [-0.15, -0.1) is 0 Å². The Balaban J connectivity index is 1.80. The first-order valence-corrected chi connectivity index (χ1v) is 10.2. The molecule has 1 aromatic heterocycles. The Morgan fingerprint density at radius 2 is 1.75 bits per heavy atom. The number of methoxy groups -OCH3 is 2. The Kier molecular flexibility index (Phi) is 5.07. The number of ether oxygens (including phenoxy) is 2. The summed E-state index contributed by atoms with van der Waals surface area (Å²) in [6, 6.07) is 9.65. The number of hydrogen-bond acceptors (Lipinski definition) is 6. The van der Waals surface area contributed by atoms with Crippen molar-refractivity contribution in [2.75, 3.05) is 19.5 Å². The van der Waals surface area contributed by atoms with Crippen LogP contribution in [0.5, 0.6) is 11.8 Å². The van der Waals surface area contributed by atoms with Gasteiger partial charge in [0.15, 0.2) is 0 Å². The van der Waals surface area contributed by atoms with Crippen molar-refractivity contribution >= 4 is 21.6 Å². The molecule has 2 atom stereocenters. The van der Waals surface area contributed by atoms with E-state index in [2.05, 4.69) is 10.3 Å². The Hall–Kier alpha value is -2.65. The van der Waals surface area contributed by atoms with Crippen LogP contribution in [-0.2, 0) is 14.8 Å². The number of nitrogens with two attached hydrogens (primary N) is 1. The van der Waals surface area contributed by atoms with E-state index in [0.29, 0.717) is 11.6 Å². The maximum absolute atomic E-state index is 12.9. The zero-order valence-corrected chi connectivity index (χ0v) is 16.9. The molecule has 1 aliphatic carbocycles. The summed E-state index contributed by atoms with van der Waals surface area (Å²) in [7, 11) is -0.783. The summed E-state index contributed by atoms with van der Waals surface area (Å²) in [5.41, 5.74) is 1.07. The number of sulfonamides is 1. The molecule has 0 saturated heterocycles. The van der Waals surface area contributed by atoms with Gasteiger partial charge >= 0.3 is 0 Å². The number of nitrogens with zero attached hydrogens (tertiary/aromatic N) is 1. The van der Waals surface area contributed by atoms with Gasteiger partial charge in [-0.05, 0) is 29.2 Å². The number of nitrogens with one attached hydrogen (secondary N) is 1. The van der Waals surface area contributed by atoms with Crippen molar-refractivity contribution < 1.29 is 22.7 Å². The first-order valence-electron chi connectivity index (χ1n) is 8.62. The van der Waals surface area contributed by atoms with Crippen molar-refractivity contribution in [3.05, 3.63) is 42.0 Å². The molecule has 0 spiro atoms. The molecule has 150 valence electrons. The number of pyridine rings is 1. The molecule has 1 heterocycles. The molecule has 3 rings (SSSR count). The van der Waals surface area contributed by atoms with E-state index >= 15 is 0 Å². The van der Waals surface area contributed by atoms with E-state index < -0.39 is 10.0 Å². The van der Waals surface area contributed by atoms with Crippen LogP contribution in [-0.4, -0.2) is 33.5 Å². The first-order chi connectivity index (χ1) is 13.1. The van der Waals surface area contributed by atoms with Gasteiger partial charge in [0.05, 0.1) is 25.0 Å². The monoisotopic (exact) mass is 405 g/mol. The molecule has 1 aromatic carbocycles. The molecule has 28 heavy (non-hydrogen) atoms. The lowest BCUT2D eigenvalue weighted by Crippen LogP contribution is -2.17. The minimum absolute atomic E-state index is 0.0424. The smallest absolute Gasteiger partial charge is 0.240 e. The zero-order valence-electron chi connectivity index (χ0n) is 16.1. The quantitative estimate of drug-likeness (QED) is 0.759. The van der Waals surface area contributed by atoms with E-state index in [4.69, 9.17) is 14.6 Å². The van der Waals surface area contributed by atoms with E-state index in [-0.39, 0.29) is 33.9 Å². The summed E-state index contributed by atoms with van der Waals surface area (Å²) in [5, 5.41) is 8.01. The molecule has 1 fully saturated rings. The minimum atomic E-state index is -3.75. The lowest BCUT2D eigenvalue weighted by molar-refractivity contribution is -0.118. The fraction of sp³-hybridized carbons (Fsp3) is 0.368. The average Bonchev–Trinajstić information content (AvgIpc) is 3.23. The molecule has 0 radical (unpaired) electrons. The van der Waals surface area contributed by atoms with E-state index in [1.165, 1.54) is 26.4 Å². The highest BCUT2D eigenvalue weighted by molar-refractivity contribution is 7.89. The van der Waals surface area contributed by atoms with E-state index in [1.54, 1.807) is 24.3 Å². The largest absolute Gasteiger partial charge is 0.481 e. The summed E-state index contributed by atoms with van der Waals surface area (Å²) in [5.74, 6) is 0.171. The third-order valence-electron chi connectivity index (χ3n) is 5.17. The number of aromatic nitrogens is 1. The number of carbonyl (C=O) groups excluding carboxylic acids is 1. The number of carbonyl (C=O) groups is 1. The fourth-order valence-electron chi connectivity index (χ4n) is 3.61. The molecule has 3 N–H and O–H groups in total. The van der Waals surface area contributed by atoms with Gasteiger partial charge in [0.1, 0.15) is 5.69 Å². The van der Waals surface area contributed by atoms with Crippen molar-refractivity contribution in [2.24, 2.45) is 16.5 Å². The number of amides is 1. The minimum Gasteiger partial charge on any atom is -0.481 e. The Bertz CT molecular complexity index is 1000. The predicted molar refractivity (Wildman–Crippen MR) is 104 cm³/mol. The third kappa shape index (κ3) is 3.67. The van der Waals surface area contributed by atoms with Crippen LogP contribution in [0.3, 0.4) is 0 Å². The van der Waals surface area contributed by atoms with Gasteiger partial charge in [-0.2, -0.15) is 4.98 Å². The SMILES string of the molecule is COc1ccc(NC(=O)C2C(c3ccc(S(N)(=O)=O)cc3)C2(C)C)c(OC)n1. The van der Waals surface area contributed by atoms with Crippen LogP contribution in [0, 0.1) is 11.3 Å². The van der Waals surface area contributed by atoms with Gasteiger partial charge in [-0.3, -0.25) is 4.79 Å². The van der Waals surface area contributed by atoms with Crippen molar-refractivity contribution in [1.29, 1.82) is 0 Å². The topological polar surface area (TPSA) is 121 Å². The third-order valence-corrected chi connectivity index (χ3v) is 6.10. The summed E-state index contributed by atoms with van der Waals surface area (Å²) >= 11 is 0. The summed E-state index contributed by atoms with van der Waals surface area (Å²) in [6.07, 6.45) is 0. The second-order valence-corrected chi connectivity index (χ2v) is 8.85. The Labute approximate surface area is 164 Å². The predicted octanol–water partition coefficient (Wildman–Crippen LogP) is 2.12. The molecule has 0 bridgehead atoms. The lowest BCUT2D eigenvalue weighted by Gasteiger charge is -2.11. The van der Waals surface area contributed by atoms with Crippen molar-refractivity contribution in [3.8, 4) is 11.8 Å². The molecule has 9 heteroatoms. The lowest BCUT2D eigenvalue weighted by atomic mass is 10.0. The maximum Gasteiger partial charge on any atom is 0.240 e. The highest BCUT2D eigenvalue weighted by Gasteiger charge is 2.62. The van der Waals surface area contributed by atoms with Gasteiger partial charge in [-0.25, -0.2) is 13.6 Å². The van der Waals surface area contributed by atoms with Gasteiger partial charge < -0.3 is 14.8 Å². The van der Waals surface area contributed by atoms with Crippen LogP contribution in [0.1, 0.15) is 25.3 Å². The summed E-state index contributed by atoms with van der Waals surface area (Å²) in [4.78, 5) is 17.1. The maximum atomic E-state index is 12.9. The van der Waals surface area contributed by atoms with Gasteiger partial charge in [-0.1, -0.05) is 26.0 Å². The van der Waals surface area contributed by atoms with E-state index in [1.807, 2.05) is 13.8 Å². The van der Waals surface area contributed by atoms with Crippen molar-refractivity contribution in [3.63, 3.8) is 0 Å². The van der Waals surface area contributed by atoms with Crippen LogP contribution in [0.15, 0.2) is 41.3 Å². The van der Waals surface area contributed by atoms with Crippen LogP contribution in [0.25, 0.3) is 0 Å². The highest BCUT2D eigenvalue weighted by Crippen LogP contribution is 2.64. The number of primary sulfonamides is 1. The number of hydrogen-bond donors (Lipinski definition) is 2. The van der Waals surface area contributed by atoms with Crippen molar-refractivity contribution in [1.82, 2.24) is 4.98 Å². The van der Waals surface area contributed by atoms with Crippen LogP contribution in [0.2, 0.25) is 0 Å². The molecular weight excluding hydrogens is 382 g/mol. The summed E-state index contributed by atoms with van der Waals surface area (Å²) in [6.45, 7) is 4.00. The molecule has 1 saturated carbocycles. The van der Waals surface area contributed by atoms with E-state index in [9.17, 15) is 13.2 Å². The molecule has 2 aromatic rings. The van der Waals surface area contributed by atoms with Crippen molar-refractivity contribution in [2.45, 2.75) is 24.7 Å². The molecule has 1 aliphatic rings. The van der Waals surface area contributed by atoms with Crippen LogP contribution in [0.4, 0.5) is 5.69 Å². The number of rotatable bonds is 6. The Morgan fingerprint density at radius 3 is 2.29 bits per heavy atom. The standard InChI is InChI=1S/C19H23N3O5S/c1-19(2)15(11-5-7-12(8-6-11)28(20,24)25)16(19)17(23)21-13-9-10-14(26-3)22-18(13)27-4/h5-10,15-16H,1-4H3,(H,21,23)(H2,20,24,25). The zero-order chi connectivity index (χ0) is 20.7. The van der Waals surface area contributed by atoms with Crippen LogP contribution < -0.4 is 19.9 Å². The number of benzene rings is 1. The molecule has 1 amide bonds.